The van der Waals surface area contributed by atoms with Gasteiger partial charge in [-0.25, -0.2) is 0 Å². The van der Waals surface area contributed by atoms with E-state index in [1.54, 1.807) is 0 Å². The van der Waals surface area contributed by atoms with E-state index in [2.05, 4.69) is 5.32 Å². The number of rotatable bonds is 5. The summed E-state index contributed by atoms with van der Waals surface area (Å²) in [5, 5.41) is 3.00. The van der Waals surface area contributed by atoms with Crippen LogP contribution >= 0.6 is 0 Å². The van der Waals surface area contributed by atoms with Crippen molar-refractivity contribution in [1.82, 2.24) is 5.32 Å². The number of carbonyl (C=O) groups is 2. The molecule has 1 aromatic carbocycles. The molecule has 0 unspecified atom stereocenters. The van der Waals surface area contributed by atoms with E-state index in [1.807, 2.05) is 0 Å². The molecule has 120 valence electrons. The summed E-state index contributed by atoms with van der Waals surface area (Å²) in [6.45, 7) is 0. The Bertz CT molecular complexity index is 566. The van der Waals surface area contributed by atoms with Crippen molar-refractivity contribution in [3.05, 3.63) is 23.3 Å². The van der Waals surface area contributed by atoms with Crippen molar-refractivity contribution in [3.8, 4) is 11.5 Å². The number of amides is 2. The molecule has 2 rings (SSSR count). The Hall–Kier alpha value is -2.24. The second-order valence-corrected chi connectivity index (χ2v) is 5.43. The molecule has 2 amide bonds. The minimum atomic E-state index is -0.647. The lowest BCUT2D eigenvalue weighted by atomic mass is 9.95. The Kier molecular flexibility index (Phi) is 5.25. The average molecular weight is 306 g/mol. The molecule has 6 nitrogen and oxygen atoms in total. The number of nitrogens with two attached hydrogens (primary N) is 1. The quantitative estimate of drug-likeness (QED) is 0.868. The summed E-state index contributed by atoms with van der Waals surface area (Å²) < 4.78 is 10.4. The zero-order valence-electron chi connectivity index (χ0n) is 13.0. The second-order valence-electron chi connectivity index (χ2n) is 5.43. The smallest absolute Gasteiger partial charge is 0.255 e. The van der Waals surface area contributed by atoms with Gasteiger partial charge in [-0.05, 0) is 18.9 Å². The summed E-state index contributed by atoms with van der Waals surface area (Å²) in [4.78, 5) is 24.0. The lowest BCUT2D eigenvalue weighted by molar-refractivity contribution is 0.0924. The van der Waals surface area contributed by atoms with Gasteiger partial charge in [0.25, 0.3) is 11.8 Å². The van der Waals surface area contributed by atoms with Gasteiger partial charge in [-0.1, -0.05) is 19.3 Å². The lowest BCUT2D eigenvalue weighted by Gasteiger charge is -2.23. The Morgan fingerprint density at radius 3 is 2.18 bits per heavy atom. The molecular formula is C16H22N2O4. The van der Waals surface area contributed by atoms with E-state index in [1.165, 1.54) is 32.8 Å². The predicted octanol–water partition coefficient (Wildman–Crippen LogP) is 1.87. The van der Waals surface area contributed by atoms with Crippen LogP contribution in [0.2, 0.25) is 0 Å². The van der Waals surface area contributed by atoms with Crippen molar-refractivity contribution in [2.75, 3.05) is 14.2 Å². The number of methoxy groups -OCH3 is 2. The van der Waals surface area contributed by atoms with E-state index >= 15 is 0 Å². The Balaban J connectivity index is 2.29. The first-order valence-electron chi connectivity index (χ1n) is 7.43. The largest absolute Gasteiger partial charge is 0.496 e. The molecule has 0 heterocycles. The van der Waals surface area contributed by atoms with E-state index in [0.717, 1.165) is 25.7 Å². The van der Waals surface area contributed by atoms with Crippen molar-refractivity contribution < 1.29 is 19.1 Å². The Morgan fingerprint density at radius 1 is 1.05 bits per heavy atom. The molecule has 0 aliphatic heterocycles. The van der Waals surface area contributed by atoms with Gasteiger partial charge in [-0.15, -0.1) is 0 Å². The number of primary amides is 1. The number of ether oxygens (including phenoxy) is 2. The average Bonchev–Trinajstić information content (AvgIpc) is 2.54. The molecule has 0 atom stereocenters. The molecule has 22 heavy (non-hydrogen) atoms. The van der Waals surface area contributed by atoms with Crippen LogP contribution in [-0.2, 0) is 0 Å². The summed E-state index contributed by atoms with van der Waals surface area (Å²) in [5.41, 5.74) is 5.80. The highest BCUT2D eigenvalue weighted by Crippen LogP contribution is 2.29. The third kappa shape index (κ3) is 3.50. The molecule has 0 aromatic heterocycles. The van der Waals surface area contributed by atoms with E-state index in [0.29, 0.717) is 17.1 Å². The molecular weight excluding hydrogens is 284 g/mol. The molecule has 1 aliphatic rings. The number of nitrogens with one attached hydrogen (secondary N) is 1. The van der Waals surface area contributed by atoms with Crippen molar-refractivity contribution in [1.29, 1.82) is 0 Å². The number of carbonyl (C=O) groups excluding carboxylic acids is 2. The summed E-state index contributed by atoms with van der Waals surface area (Å²) in [6, 6.07) is 3.11. The fraction of sp³-hybridized carbons (Fsp3) is 0.500. The summed E-state index contributed by atoms with van der Waals surface area (Å²) in [7, 11) is 2.90. The van der Waals surface area contributed by atoms with Crippen LogP contribution in [-0.4, -0.2) is 32.1 Å². The topological polar surface area (TPSA) is 90.7 Å². The van der Waals surface area contributed by atoms with Crippen LogP contribution in [0.15, 0.2) is 12.1 Å². The number of hydrogen-bond acceptors (Lipinski definition) is 4. The van der Waals surface area contributed by atoms with Gasteiger partial charge >= 0.3 is 0 Å². The molecule has 1 fully saturated rings. The van der Waals surface area contributed by atoms with Crippen LogP contribution in [0.4, 0.5) is 0 Å². The number of benzene rings is 1. The molecule has 6 heteroatoms. The van der Waals surface area contributed by atoms with Crippen molar-refractivity contribution in [2.45, 2.75) is 38.1 Å². The fourth-order valence-electron chi connectivity index (χ4n) is 2.78. The molecule has 0 saturated heterocycles. The van der Waals surface area contributed by atoms with Crippen LogP contribution < -0.4 is 20.5 Å². The van der Waals surface area contributed by atoms with Crippen molar-refractivity contribution >= 4 is 11.8 Å². The Labute approximate surface area is 130 Å². The highest BCUT2D eigenvalue weighted by Gasteiger charge is 2.22. The van der Waals surface area contributed by atoms with E-state index in [4.69, 9.17) is 15.2 Å². The summed E-state index contributed by atoms with van der Waals surface area (Å²) in [5.74, 6) is -0.256. The van der Waals surface area contributed by atoms with Gasteiger partial charge in [0.1, 0.15) is 11.5 Å². The standard InChI is InChI=1S/C16H22N2O4/c1-21-13-9-14(22-2)12(8-11(13)15(17)19)16(20)18-10-6-4-3-5-7-10/h8-10H,3-7H2,1-2H3,(H2,17,19)(H,18,20). The van der Waals surface area contributed by atoms with Gasteiger partial charge in [0.2, 0.25) is 0 Å². The molecule has 1 aliphatic carbocycles. The predicted molar refractivity (Wildman–Crippen MR) is 82.4 cm³/mol. The third-order valence-corrected chi connectivity index (χ3v) is 3.97. The maximum atomic E-state index is 12.5. The van der Waals surface area contributed by atoms with Crippen molar-refractivity contribution in [3.63, 3.8) is 0 Å². The summed E-state index contributed by atoms with van der Waals surface area (Å²) in [6.07, 6.45) is 5.41. The zero-order valence-corrected chi connectivity index (χ0v) is 13.0. The Morgan fingerprint density at radius 2 is 1.64 bits per heavy atom. The van der Waals surface area contributed by atoms with Gasteiger partial charge in [-0.3, -0.25) is 9.59 Å². The summed E-state index contributed by atoms with van der Waals surface area (Å²) >= 11 is 0. The molecule has 1 saturated carbocycles. The van der Waals surface area contributed by atoms with Crippen LogP contribution in [0.5, 0.6) is 11.5 Å². The SMILES string of the molecule is COc1cc(OC)c(C(=O)NC2CCCCC2)cc1C(N)=O. The molecule has 0 bridgehead atoms. The second kappa shape index (κ2) is 7.15. The molecule has 3 N–H and O–H groups in total. The van der Waals surface area contributed by atoms with Crippen LogP contribution in [0.25, 0.3) is 0 Å². The maximum Gasteiger partial charge on any atom is 0.255 e. The van der Waals surface area contributed by atoms with Crippen molar-refractivity contribution in [2.24, 2.45) is 5.73 Å². The van der Waals surface area contributed by atoms with Gasteiger partial charge in [0, 0.05) is 12.1 Å². The van der Waals surface area contributed by atoms with E-state index < -0.39 is 5.91 Å². The third-order valence-electron chi connectivity index (χ3n) is 3.97. The number of hydrogen-bond donors (Lipinski definition) is 2. The van der Waals surface area contributed by atoms with Gasteiger partial charge in [0.15, 0.2) is 0 Å². The van der Waals surface area contributed by atoms with Crippen LogP contribution in [0.3, 0.4) is 0 Å². The van der Waals surface area contributed by atoms with Gasteiger partial charge in [0.05, 0.1) is 25.3 Å². The zero-order chi connectivity index (χ0) is 16.1. The lowest BCUT2D eigenvalue weighted by Crippen LogP contribution is -2.36. The molecule has 0 spiro atoms. The van der Waals surface area contributed by atoms with Gasteiger partial charge in [-0.2, -0.15) is 0 Å². The first-order valence-corrected chi connectivity index (χ1v) is 7.43. The monoisotopic (exact) mass is 306 g/mol. The maximum absolute atomic E-state index is 12.5. The fourth-order valence-corrected chi connectivity index (χ4v) is 2.78. The minimum Gasteiger partial charge on any atom is -0.496 e. The first kappa shape index (κ1) is 16.1. The van der Waals surface area contributed by atoms with E-state index in [9.17, 15) is 9.59 Å². The van der Waals surface area contributed by atoms with Crippen LogP contribution in [0, 0.1) is 0 Å². The van der Waals surface area contributed by atoms with Crippen LogP contribution in [0.1, 0.15) is 52.8 Å². The normalized spacial score (nSPS) is 15.2. The highest BCUT2D eigenvalue weighted by molar-refractivity contribution is 6.02. The molecule has 1 aromatic rings. The minimum absolute atomic E-state index is 0.164. The first-order chi connectivity index (χ1) is 10.6. The highest BCUT2D eigenvalue weighted by atomic mass is 16.5. The molecule has 0 radical (unpaired) electrons. The van der Waals surface area contributed by atoms with Gasteiger partial charge < -0.3 is 20.5 Å². The van der Waals surface area contributed by atoms with E-state index in [-0.39, 0.29) is 17.5 Å².